The minimum absolute atomic E-state index is 0.160. The predicted octanol–water partition coefficient (Wildman–Crippen LogP) is 2.37. The van der Waals surface area contributed by atoms with E-state index in [0.717, 1.165) is 51.4 Å². The van der Waals surface area contributed by atoms with Crippen molar-refractivity contribution >= 4 is 11.8 Å². The van der Waals surface area contributed by atoms with E-state index in [-0.39, 0.29) is 25.0 Å². The monoisotopic (exact) mass is 372 g/mol. The van der Waals surface area contributed by atoms with Crippen molar-refractivity contribution in [3.8, 4) is 0 Å². The molecule has 0 radical (unpaired) electrons. The van der Waals surface area contributed by atoms with Crippen molar-refractivity contribution in [1.29, 1.82) is 0 Å². The number of aliphatic hydroxyl groups is 2. The second kappa shape index (κ2) is 15.0. The second-order valence-corrected chi connectivity index (χ2v) is 7.20. The molecule has 0 aromatic rings. The van der Waals surface area contributed by atoms with Crippen LogP contribution in [0.15, 0.2) is 0 Å². The topological polar surface area (TPSA) is 98.7 Å². The third-order valence-corrected chi connectivity index (χ3v) is 5.01. The van der Waals surface area contributed by atoms with Crippen molar-refractivity contribution < 1.29 is 19.8 Å². The molecule has 154 valence electrons. The summed E-state index contributed by atoms with van der Waals surface area (Å²) >= 11 is 0. The molecule has 0 fully saturated rings. The Balaban J connectivity index is 4.86. The Labute approximate surface area is 159 Å². The molecular formula is C20H40N2O4. The zero-order valence-electron chi connectivity index (χ0n) is 17.1. The number of carbonyl (C=O) groups excluding carboxylic acids is 2. The minimum Gasteiger partial charge on any atom is -0.394 e. The lowest BCUT2D eigenvalue weighted by atomic mass is 9.90. The van der Waals surface area contributed by atoms with Crippen LogP contribution in [0.3, 0.4) is 0 Å². The standard InChI is InChI=1S/C20H40N2O4/c1-5-9-15(10-6-2)17(13-23)21-19(25)20(26)22-18(14-24)16(11-7-3)12-8-4/h15-18,23-24H,5-14H2,1-4H3,(H,21,25)(H,22,26). The smallest absolute Gasteiger partial charge is 0.309 e. The van der Waals surface area contributed by atoms with E-state index in [0.29, 0.717) is 0 Å². The molecule has 4 N–H and O–H groups in total. The lowest BCUT2D eigenvalue weighted by Crippen LogP contribution is -2.52. The van der Waals surface area contributed by atoms with Crippen molar-refractivity contribution in [2.45, 2.75) is 91.1 Å². The second-order valence-electron chi connectivity index (χ2n) is 7.20. The van der Waals surface area contributed by atoms with E-state index in [1.54, 1.807) is 0 Å². The van der Waals surface area contributed by atoms with E-state index in [4.69, 9.17) is 0 Å². The highest BCUT2D eigenvalue weighted by Gasteiger charge is 2.27. The van der Waals surface area contributed by atoms with E-state index in [9.17, 15) is 19.8 Å². The van der Waals surface area contributed by atoms with Gasteiger partial charge in [-0.05, 0) is 37.5 Å². The molecule has 0 aliphatic carbocycles. The van der Waals surface area contributed by atoms with Gasteiger partial charge < -0.3 is 20.8 Å². The molecule has 2 amide bonds. The van der Waals surface area contributed by atoms with Crippen molar-refractivity contribution in [3.05, 3.63) is 0 Å². The number of aliphatic hydroxyl groups excluding tert-OH is 2. The number of hydrogen-bond donors (Lipinski definition) is 4. The zero-order chi connectivity index (χ0) is 19.9. The van der Waals surface area contributed by atoms with Gasteiger partial charge in [0.15, 0.2) is 0 Å². The normalized spacial score (nSPS) is 13.7. The van der Waals surface area contributed by atoms with Gasteiger partial charge in [0.05, 0.1) is 25.3 Å². The number of nitrogens with one attached hydrogen (secondary N) is 2. The summed E-state index contributed by atoms with van der Waals surface area (Å²) in [7, 11) is 0. The van der Waals surface area contributed by atoms with Gasteiger partial charge in [-0.15, -0.1) is 0 Å². The predicted molar refractivity (Wildman–Crippen MR) is 105 cm³/mol. The maximum Gasteiger partial charge on any atom is 0.309 e. The first-order valence-corrected chi connectivity index (χ1v) is 10.3. The van der Waals surface area contributed by atoms with Gasteiger partial charge in [-0.25, -0.2) is 0 Å². The summed E-state index contributed by atoms with van der Waals surface area (Å²) < 4.78 is 0. The Bertz CT molecular complexity index is 342. The summed E-state index contributed by atoms with van der Waals surface area (Å²) in [5.74, 6) is -1.14. The fraction of sp³-hybridized carbons (Fsp3) is 0.900. The Morgan fingerprint density at radius 1 is 0.654 bits per heavy atom. The largest absolute Gasteiger partial charge is 0.394 e. The average Bonchev–Trinajstić information content (AvgIpc) is 2.63. The first-order valence-electron chi connectivity index (χ1n) is 10.3. The summed E-state index contributed by atoms with van der Waals surface area (Å²) in [4.78, 5) is 24.6. The maximum atomic E-state index is 12.3. The molecule has 0 aliphatic rings. The number of amides is 2. The Kier molecular flexibility index (Phi) is 14.3. The fourth-order valence-corrected chi connectivity index (χ4v) is 3.67. The van der Waals surface area contributed by atoms with Gasteiger partial charge in [-0.3, -0.25) is 9.59 Å². The van der Waals surface area contributed by atoms with Crippen LogP contribution >= 0.6 is 0 Å². The van der Waals surface area contributed by atoms with Crippen LogP contribution in [0, 0.1) is 11.8 Å². The van der Waals surface area contributed by atoms with Gasteiger partial charge in [0.25, 0.3) is 0 Å². The van der Waals surface area contributed by atoms with E-state index < -0.39 is 23.9 Å². The van der Waals surface area contributed by atoms with Gasteiger partial charge in [-0.1, -0.05) is 53.4 Å². The van der Waals surface area contributed by atoms with Gasteiger partial charge in [0.2, 0.25) is 0 Å². The molecular weight excluding hydrogens is 332 g/mol. The van der Waals surface area contributed by atoms with E-state index in [1.165, 1.54) is 0 Å². The van der Waals surface area contributed by atoms with Gasteiger partial charge in [-0.2, -0.15) is 0 Å². The molecule has 26 heavy (non-hydrogen) atoms. The molecule has 0 saturated heterocycles. The van der Waals surface area contributed by atoms with Crippen molar-refractivity contribution in [3.63, 3.8) is 0 Å². The number of carbonyl (C=O) groups is 2. The summed E-state index contributed by atoms with van der Waals surface area (Å²) in [6.07, 6.45) is 7.45. The Morgan fingerprint density at radius 3 is 1.12 bits per heavy atom. The first kappa shape index (κ1) is 24.9. The molecule has 0 saturated carbocycles. The number of rotatable bonds is 14. The SMILES string of the molecule is CCCC(CCC)C(CO)NC(=O)C(=O)NC(CO)C(CCC)CCC. The van der Waals surface area contributed by atoms with Crippen LogP contribution in [0.2, 0.25) is 0 Å². The summed E-state index contributed by atoms with van der Waals surface area (Å²) in [6, 6.07) is -0.828. The van der Waals surface area contributed by atoms with Crippen molar-refractivity contribution in [1.82, 2.24) is 10.6 Å². The molecule has 2 unspecified atom stereocenters. The third-order valence-electron chi connectivity index (χ3n) is 5.01. The van der Waals surface area contributed by atoms with Crippen LogP contribution in [0.25, 0.3) is 0 Å². The highest BCUT2D eigenvalue weighted by Crippen LogP contribution is 2.19. The molecule has 2 atom stereocenters. The van der Waals surface area contributed by atoms with Gasteiger partial charge >= 0.3 is 11.8 Å². The lowest BCUT2D eigenvalue weighted by molar-refractivity contribution is -0.141. The van der Waals surface area contributed by atoms with E-state index in [1.807, 2.05) is 0 Å². The molecule has 6 heteroatoms. The van der Waals surface area contributed by atoms with Crippen LogP contribution in [-0.4, -0.2) is 47.3 Å². The van der Waals surface area contributed by atoms with Crippen molar-refractivity contribution in [2.24, 2.45) is 11.8 Å². The molecule has 0 rings (SSSR count). The summed E-state index contributed by atoms with van der Waals surface area (Å²) in [6.45, 7) is 7.92. The average molecular weight is 373 g/mol. The van der Waals surface area contributed by atoms with Gasteiger partial charge in [0, 0.05) is 0 Å². The molecule has 0 bridgehead atoms. The molecule has 0 aliphatic heterocycles. The molecule has 0 aromatic heterocycles. The first-order chi connectivity index (χ1) is 12.5. The van der Waals surface area contributed by atoms with E-state index >= 15 is 0 Å². The van der Waals surface area contributed by atoms with Gasteiger partial charge in [0.1, 0.15) is 0 Å². The zero-order valence-corrected chi connectivity index (χ0v) is 17.1. The summed E-state index contributed by atoms with van der Waals surface area (Å²) in [5.41, 5.74) is 0. The summed E-state index contributed by atoms with van der Waals surface area (Å²) in [5, 5.41) is 24.7. The van der Waals surface area contributed by atoms with Crippen LogP contribution in [0.5, 0.6) is 0 Å². The molecule has 0 spiro atoms. The highest BCUT2D eigenvalue weighted by molar-refractivity contribution is 6.35. The van der Waals surface area contributed by atoms with Crippen LogP contribution in [0.1, 0.15) is 79.1 Å². The quantitative estimate of drug-likeness (QED) is 0.352. The molecule has 0 aromatic carbocycles. The number of hydrogen-bond acceptors (Lipinski definition) is 4. The molecule has 0 heterocycles. The van der Waals surface area contributed by atoms with Crippen molar-refractivity contribution in [2.75, 3.05) is 13.2 Å². The maximum absolute atomic E-state index is 12.3. The minimum atomic E-state index is -0.730. The Hall–Kier alpha value is -1.14. The van der Waals surface area contributed by atoms with Crippen LogP contribution < -0.4 is 10.6 Å². The van der Waals surface area contributed by atoms with Crippen LogP contribution in [0.4, 0.5) is 0 Å². The highest BCUT2D eigenvalue weighted by atomic mass is 16.3. The Morgan fingerprint density at radius 2 is 0.923 bits per heavy atom. The fourth-order valence-electron chi connectivity index (χ4n) is 3.67. The van der Waals surface area contributed by atoms with Crippen LogP contribution in [-0.2, 0) is 9.59 Å². The van der Waals surface area contributed by atoms with E-state index in [2.05, 4.69) is 38.3 Å². The molecule has 6 nitrogen and oxygen atoms in total. The third kappa shape index (κ3) is 8.99. The lowest BCUT2D eigenvalue weighted by Gasteiger charge is -2.28.